The summed E-state index contributed by atoms with van der Waals surface area (Å²) in [6, 6.07) is 2.20. The predicted octanol–water partition coefficient (Wildman–Crippen LogP) is 0.114. The number of nitrogen functional groups attached to an aromatic ring is 1. The van der Waals surface area contributed by atoms with E-state index in [4.69, 9.17) is 16.2 Å². The number of anilines is 2. The molecule has 1 saturated carbocycles. The third-order valence-electron chi connectivity index (χ3n) is 4.02. The summed E-state index contributed by atoms with van der Waals surface area (Å²) in [5.41, 5.74) is 12.6. The van der Waals surface area contributed by atoms with E-state index in [1.165, 1.54) is 0 Å². The summed E-state index contributed by atoms with van der Waals surface area (Å²) < 4.78 is 7.01. The fraction of sp³-hybridized carbons (Fsp3) is 0.571. The van der Waals surface area contributed by atoms with Crippen LogP contribution in [0.5, 0.6) is 0 Å². The van der Waals surface area contributed by atoms with Gasteiger partial charge < -0.3 is 26.1 Å². The van der Waals surface area contributed by atoms with Crippen molar-refractivity contribution in [2.24, 2.45) is 5.73 Å². The predicted molar refractivity (Wildman–Crippen MR) is 85.6 cm³/mol. The van der Waals surface area contributed by atoms with Crippen LogP contribution >= 0.6 is 0 Å². The Morgan fingerprint density at radius 3 is 2.96 bits per heavy atom. The zero-order chi connectivity index (χ0) is 16.2. The maximum atomic E-state index is 5.84. The molecule has 1 fully saturated rings. The SMILES string of the molecule is COCCn1cnnc1CNc1cc(C2CC(N)C2)nc(N)n1. The van der Waals surface area contributed by atoms with Crippen LogP contribution in [0, 0.1) is 0 Å². The van der Waals surface area contributed by atoms with Crippen LogP contribution in [0.3, 0.4) is 0 Å². The maximum Gasteiger partial charge on any atom is 0.222 e. The second-order valence-electron chi connectivity index (χ2n) is 5.75. The molecule has 1 aliphatic rings. The van der Waals surface area contributed by atoms with E-state index in [0.29, 0.717) is 31.4 Å². The summed E-state index contributed by atoms with van der Waals surface area (Å²) in [4.78, 5) is 8.54. The van der Waals surface area contributed by atoms with E-state index in [2.05, 4.69) is 25.5 Å². The standard InChI is InChI=1S/C14H22N8O/c1-23-3-2-22-8-18-21-13(22)7-17-12-6-11(19-14(16)20-12)9-4-10(15)5-9/h6,8-10H,2-5,7,15H2,1H3,(H3,16,17,19,20). The van der Waals surface area contributed by atoms with Gasteiger partial charge in [0.25, 0.3) is 0 Å². The van der Waals surface area contributed by atoms with E-state index in [-0.39, 0.29) is 12.0 Å². The molecule has 0 radical (unpaired) electrons. The van der Waals surface area contributed by atoms with Crippen molar-refractivity contribution in [2.75, 3.05) is 24.8 Å². The van der Waals surface area contributed by atoms with E-state index in [1.807, 2.05) is 10.6 Å². The van der Waals surface area contributed by atoms with Gasteiger partial charge in [0.15, 0.2) is 5.82 Å². The summed E-state index contributed by atoms with van der Waals surface area (Å²) in [5.74, 6) is 2.15. The number of rotatable bonds is 7. The van der Waals surface area contributed by atoms with E-state index < -0.39 is 0 Å². The smallest absolute Gasteiger partial charge is 0.222 e. The number of hydrogen-bond donors (Lipinski definition) is 3. The maximum absolute atomic E-state index is 5.84. The normalized spacial score (nSPS) is 20.3. The third-order valence-corrected chi connectivity index (χ3v) is 4.02. The molecular formula is C14H22N8O. The number of nitrogens with two attached hydrogens (primary N) is 2. The first-order valence-corrected chi connectivity index (χ1v) is 7.65. The summed E-state index contributed by atoms with van der Waals surface area (Å²) in [7, 11) is 1.67. The van der Waals surface area contributed by atoms with Gasteiger partial charge in [-0.1, -0.05) is 0 Å². The molecular weight excluding hydrogens is 296 g/mol. The van der Waals surface area contributed by atoms with Gasteiger partial charge in [-0.2, -0.15) is 4.98 Å². The highest BCUT2D eigenvalue weighted by molar-refractivity contribution is 5.42. The Bertz CT molecular complexity index is 652. The van der Waals surface area contributed by atoms with Crippen molar-refractivity contribution in [1.82, 2.24) is 24.7 Å². The van der Waals surface area contributed by atoms with Crippen molar-refractivity contribution in [3.8, 4) is 0 Å². The van der Waals surface area contributed by atoms with Gasteiger partial charge in [0.1, 0.15) is 12.1 Å². The Balaban J connectivity index is 1.65. The van der Waals surface area contributed by atoms with Crippen molar-refractivity contribution in [2.45, 2.75) is 37.9 Å². The molecule has 0 aromatic carbocycles. The number of aromatic nitrogens is 5. The molecule has 5 N–H and O–H groups in total. The van der Waals surface area contributed by atoms with Crippen molar-refractivity contribution in [3.05, 3.63) is 23.9 Å². The Morgan fingerprint density at radius 2 is 2.22 bits per heavy atom. The Labute approximate surface area is 134 Å². The largest absolute Gasteiger partial charge is 0.383 e. The van der Waals surface area contributed by atoms with Gasteiger partial charge >= 0.3 is 0 Å². The number of ether oxygens (including phenoxy) is 1. The molecule has 0 amide bonds. The van der Waals surface area contributed by atoms with E-state index in [9.17, 15) is 0 Å². The van der Waals surface area contributed by atoms with Crippen LogP contribution in [-0.4, -0.2) is 44.5 Å². The van der Waals surface area contributed by atoms with Gasteiger partial charge in [-0.25, -0.2) is 4.98 Å². The van der Waals surface area contributed by atoms with Crippen molar-refractivity contribution in [1.29, 1.82) is 0 Å². The highest BCUT2D eigenvalue weighted by Gasteiger charge is 2.29. The van der Waals surface area contributed by atoms with Crippen LogP contribution in [0.4, 0.5) is 11.8 Å². The second kappa shape index (κ2) is 6.88. The van der Waals surface area contributed by atoms with E-state index >= 15 is 0 Å². The lowest BCUT2D eigenvalue weighted by Crippen LogP contribution is -2.35. The lowest BCUT2D eigenvalue weighted by Gasteiger charge is -2.32. The highest BCUT2D eigenvalue weighted by atomic mass is 16.5. The lowest BCUT2D eigenvalue weighted by molar-refractivity contribution is 0.186. The molecule has 2 heterocycles. The molecule has 0 bridgehead atoms. The van der Waals surface area contributed by atoms with Crippen molar-refractivity contribution < 1.29 is 4.74 Å². The number of methoxy groups -OCH3 is 1. The minimum atomic E-state index is 0.270. The van der Waals surface area contributed by atoms with Crippen molar-refractivity contribution >= 4 is 11.8 Å². The molecule has 2 aromatic rings. The van der Waals surface area contributed by atoms with Crippen LogP contribution in [0.1, 0.15) is 30.3 Å². The topological polar surface area (TPSA) is 130 Å². The molecule has 0 unspecified atom stereocenters. The van der Waals surface area contributed by atoms with Crippen molar-refractivity contribution in [3.63, 3.8) is 0 Å². The zero-order valence-electron chi connectivity index (χ0n) is 13.1. The van der Waals surface area contributed by atoms with Gasteiger partial charge in [-0.05, 0) is 12.8 Å². The van der Waals surface area contributed by atoms with Crippen LogP contribution in [0.2, 0.25) is 0 Å². The Morgan fingerprint density at radius 1 is 1.39 bits per heavy atom. The first kappa shape index (κ1) is 15.6. The molecule has 23 heavy (non-hydrogen) atoms. The van der Waals surface area contributed by atoms with Crippen LogP contribution in [-0.2, 0) is 17.8 Å². The minimum absolute atomic E-state index is 0.270. The lowest BCUT2D eigenvalue weighted by atomic mass is 9.78. The fourth-order valence-corrected chi connectivity index (χ4v) is 2.65. The third kappa shape index (κ3) is 3.74. The Kier molecular flexibility index (Phi) is 4.68. The molecule has 0 aliphatic heterocycles. The van der Waals surface area contributed by atoms with Gasteiger partial charge in [-0.3, -0.25) is 0 Å². The minimum Gasteiger partial charge on any atom is -0.383 e. The zero-order valence-corrected chi connectivity index (χ0v) is 13.1. The van der Waals surface area contributed by atoms with Gasteiger partial charge in [0.2, 0.25) is 5.95 Å². The summed E-state index contributed by atoms with van der Waals surface area (Å²) >= 11 is 0. The molecule has 0 spiro atoms. The van der Waals surface area contributed by atoms with E-state index in [0.717, 1.165) is 24.4 Å². The Hall–Kier alpha value is -2.26. The van der Waals surface area contributed by atoms with Crippen LogP contribution in [0.25, 0.3) is 0 Å². The average molecular weight is 318 g/mol. The summed E-state index contributed by atoms with van der Waals surface area (Å²) in [6.45, 7) is 1.82. The monoisotopic (exact) mass is 318 g/mol. The average Bonchev–Trinajstić information content (AvgIpc) is 2.94. The molecule has 3 rings (SSSR count). The number of hydrogen-bond acceptors (Lipinski definition) is 8. The first-order valence-electron chi connectivity index (χ1n) is 7.65. The molecule has 2 aromatic heterocycles. The summed E-state index contributed by atoms with van der Waals surface area (Å²) in [5, 5.41) is 11.3. The van der Waals surface area contributed by atoms with Crippen LogP contribution in [0.15, 0.2) is 12.4 Å². The second-order valence-corrected chi connectivity index (χ2v) is 5.75. The first-order chi connectivity index (χ1) is 11.2. The molecule has 0 saturated heterocycles. The number of nitrogens with one attached hydrogen (secondary N) is 1. The van der Waals surface area contributed by atoms with Gasteiger partial charge in [0.05, 0.1) is 18.8 Å². The molecule has 9 nitrogen and oxygen atoms in total. The molecule has 1 aliphatic carbocycles. The van der Waals surface area contributed by atoms with Gasteiger partial charge in [-0.15, -0.1) is 10.2 Å². The van der Waals surface area contributed by atoms with Gasteiger partial charge in [0, 0.05) is 31.7 Å². The van der Waals surface area contributed by atoms with E-state index in [1.54, 1.807) is 13.4 Å². The molecule has 9 heteroatoms. The highest BCUT2D eigenvalue weighted by Crippen LogP contribution is 2.35. The summed E-state index contributed by atoms with van der Waals surface area (Å²) in [6.07, 6.45) is 3.58. The molecule has 124 valence electrons. The molecule has 0 atom stereocenters. The quantitative estimate of drug-likeness (QED) is 0.656. The van der Waals surface area contributed by atoms with Crippen LogP contribution < -0.4 is 16.8 Å². The number of nitrogens with zero attached hydrogens (tertiary/aromatic N) is 5. The fourth-order valence-electron chi connectivity index (χ4n) is 2.65.